The predicted octanol–water partition coefficient (Wildman–Crippen LogP) is 0.484. The Morgan fingerprint density at radius 1 is 1.11 bits per heavy atom. The number of unbranched alkanes of at least 4 members (excludes halogenated alkanes) is 1. The zero-order valence-electron chi connectivity index (χ0n) is 20.9. The van der Waals surface area contributed by atoms with Gasteiger partial charge in [0.2, 0.25) is 17.7 Å². The second-order valence-corrected chi connectivity index (χ2v) is 10.00. The highest BCUT2D eigenvalue weighted by atomic mass is 32.2. The number of carbonyl (C=O) groups excluding carboxylic acids is 3. The number of carbonyl (C=O) groups is 4. The highest BCUT2D eigenvalue weighted by Crippen LogP contribution is 2.20. The fraction of sp³-hybridized carbons (Fsp3) is 0.600. The number of likely N-dealkylation sites (tertiary alicyclic amines) is 1. The molecule has 0 aromatic heterocycles. The van der Waals surface area contributed by atoms with Crippen molar-refractivity contribution in [3.63, 3.8) is 0 Å². The number of carboxylic acid groups (broad SMARTS) is 1. The molecule has 0 radical (unpaired) electrons. The summed E-state index contributed by atoms with van der Waals surface area (Å²) in [5.74, 6) is -1.82. The minimum atomic E-state index is -1.15. The van der Waals surface area contributed by atoms with Crippen molar-refractivity contribution in [2.75, 3.05) is 25.1 Å². The van der Waals surface area contributed by atoms with Crippen LogP contribution >= 0.6 is 11.8 Å². The first-order chi connectivity index (χ1) is 17.3. The van der Waals surface area contributed by atoms with Gasteiger partial charge in [-0.1, -0.05) is 36.8 Å². The fourth-order valence-electron chi connectivity index (χ4n) is 4.24. The van der Waals surface area contributed by atoms with Gasteiger partial charge in [0, 0.05) is 13.0 Å². The lowest BCUT2D eigenvalue weighted by Gasteiger charge is -2.28. The van der Waals surface area contributed by atoms with E-state index < -0.39 is 42.0 Å². The van der Waals surface area contributed by atoms with Crippen molar-refractivity contribution in [2.24, 2.45) is 11.5 Å². The number of nitrogens with one attached hydrogen (secondary N) is 2. The zero-order chi connectivity index (χ0) is 26.5. The van der Waals surface area contributed by atoms with Gasteiger partial charge in [0.25, 0.3) is 0 Å². The zero-order valence-corrected chi connectivity index (χ0v) is 21.7. The van der Waals surface area contributed by atoms with E-state index in [9.17, 15) is 24.3 Å². The molecule has 3 amide bonds. The summed E-state index contributed by atoms with van der Waals surface area (Å²) in [5, 5.41) is 15.0. The summed E-state index contributed by atoms with van der Waals surface area (Å²) in [6.45, 7) is 0.963. The number of hydrogen-bond acceptors (Lipinski definition) is 7. The SMILES string of the molecule is CSCCC(NC(=O)C1CCCN1C(=O)C(N)CCCCN)C(=O)NC(Cc1ccccc1)C(=O)O. The molecule has 11 heteroatoms. The van der Waals surface area contributed by atoms with Crippen molar-refractivity contribution < 1.29 is 24.3 Å². The molecule has 4 atom stereocenters. The van der Waals surface area contributed by atoms with Crippen LogP contribution in [-0.2, 0) is 25.6 Å². The number of carboxylic acids is 1. The Labute approximate surface area is 216 Å². The molecule has 1 aromatic rings. The quantitative estimate of drug-likeness (QED) is 0.208. The van der Waals surface area contributed by atoms with Gasteiger partial charge >= 0.3 is 5.97 Å². The molecule has 36 heavy (non-hydrogen) atoms. The number of thioether (sulfide) groups is 1. The van der Waals surface area contributed by atoms with E-state index in [1.807, 2.05) is 12.3 Å². The van der Waals surface area contributed by atoms with E-state index in [4.69, 9.17) is 11.5 Å². The van der Waals surface area contributed by atoms with Gasteiger partial charge in [-0.2, -0.15) is 11.8 Å². The number of nitrogens with two attached hydrogens (primary N) is 2. The number of nitrogens with zero attached hydrogens (tertiary/aromatic N) is 1. The Hall–Kier alpha value is -2.63. The Morgan fingerprint density at radius 3 is 2.47 bits per heavy atom. The van der Waals surface area contributed by atoms with E-state index in [1.165, 1.54) is 16.7 Å². The van der Waals surface area contributed by atoms with Crippen LogP contribution < -0.4 is 22.1 Å². The monoisotopic (exact) mass is 521 g/mol. The van der Waals surface area contributed by atoms with Gasteiger partial charge in [-0.15, -0.1) is 0 Å². The number of hydrogen-bond donors (Lipinski definition) is 5. The fourth-order valence-corrected chi connectivity index (χ4v) is 4.71. The maximum Gasteiger partial charge on any atom is 0.326 e. The largest absolute Gasteiger partial charge is 0.480 e. The summed E-state index contributed by atoms with van der Waals surface area (Å²) in [4.78, 5) is 52.4. The Balaban J connectivity index is 2.05. The number of amides is 3. The Bertz CT molecular complexity index is 872. The first-order valence-electron chi connectivity index (χ1n) is 12.4. The summed E-state index contributed by atoms with van der Waals surface area (Å²) in [6.07, 6.45) is 5.49. The molecule has 1 aromatic carbocycles. The third-order valence-electron chi connectivity index (χ3n) is 6.27. The lowest BCUT2D eigenvalue weighted by molar-refractivity contribution is -0.143. The molecule has 0 bridgehead atoms. The van der Waals surface area contributed by atoms with Gasteiger partial charge in [0.15, 0.2) is 0 Å². The van der Waals surface area contributed by atoms with Crippen molar-refractivity contribution in [1.82, 2.24) is 15.5 Å². The van der Waals surface area contributed by atoms with Gasteiger partial charge in [0.05, 0.1) is 6.04 Å². The van der Waals surface area contributed by atoms with Crippen molar-refractivity contribution >= 4 is 35.5 Å². The van der Waals surface area contributed by atoms with Crippen LogP contribution in [0.1, 0.15) is 44.1 Å². The molecule has 0 saturated carbocycles. The molecule has 2 rings (SSSR count). The summed E-state index contributed by atoms with van der Waals surface area (Å²) in [5.41, 5.74) is 12.4. The summed E-state index contributed by atoms with van der Waals surface area (Å²) < 4.78 is 0. The van der Waals surface area contributed by atoms with Crippen molar-refractivity contribution in [1.29, 1.82) is 0 Å². The smallest absolute Gasteiger partial charge is 0.326 e. The molecule has 0 aliphatic carbocycles. The molecule has 10 nitrogen and oxygen atoms in total. The predicted molar refractivity (Wildman–Crippen MR) is 140 cm³/mol. The Kier molecular flexibility index (Phi) is 12.7. The van der Waals surface area contributed by atoms with Gasteiger partial charge in [-0.05, 0) is 56.2 Å². The molecule has 4 unspecified atom stereocenters. The standard InChI is InChI=1S/C25H39N5O5S/c1-36-15-12-19(22(31)29-20(25(34)35)16-17-8-3-2-4-9-17)28-23(32)21-11-7-14-30(21)24(33)18(27)10-5-6-13-26/h2-4,8-9,18-21H,5-7,10-16,26-27H2,1H3,(H,28,32)(H,29,31)(H,34,35). The second-order valence-electron chi connectivity index (χ2n) is 9.01. The lowest BCUT2D eigenvalue weighted by Crippen LogP contribution is -2.57. The van der Waals surface area contributed by atoms with Crippen LogP contribution in [0.25, 0.3) is 0 Å². The third-order valence-corrected chi connectivity index (χ3v) is 6.91. The van der Waals surface area contributed by atoms with E-state index in [0.29, 0.717) is 44.5 Å². The van der Waals surface area contributed by atoms with E-state index in [2.05, 4.69) is 10.6 Å². The van der Waals surface area contributed by atoms with Gasteiger partial charge in [-0.3, -0.25) is 14.4 Å². The molecule has 1 aliphatic heterocycles. The van der Waals surface area contributed by atoms with Crippen molar-refractivity contribution in [3.05, 3.63) is 35.9 Å². The maximum atomic E-state index is 13.2. The average Bonchev–Trinajstić information content (AvgIpc) is 3.36. The van der Waals surface area contributed by atoms with Crippen molar-refractivity contribution in [2.45, 2.75) is 69.1 Å². The summed E-state index contributed by atoms with van der Waals surface area (Å²) in [7, 11) is 0. The van der Waals surface area contributed by atoms with Crippen molar-refractivity contribution in [3.8, 4) is 0 Å². The van der Waals surface area contributed by atoms with E-state index >= 15 is 0 Å². The van der Waals surface area contributed by atoms with E-state index in [-0.39, 0.29) is 12.3 Å². The molecule has 1 heterocycles. The third kappa shape index (κ3) is 9.11. The topological polar surface area (TPSA) is 168 Å². The molecule has 0 spiro atoms. The van der Waals surface area contributed by atoms with Crippen LogP contribution in [0.2, 0.25) is 0 Å². The molecule has 7 N–H and O–H groups in total. The average molecular weight is 522 g/mol. The number of aliphatic carboxylic acids is 1. The first kappa shape index (κ1) is 29.6. The molecule has 1 saturated heterocycles. The van der Waals surface area contributed by atoms with Crippen LogP contribution in [0.15, 0.2) is 30.3 Å². The highest BCUT2D eigenvalue weighted by Gasteiger charge is 2.37. The minimum Gasteiger partial charge on any atom is -0.480 e. The number of rotatable bonds is 15. The van der Waals surface area contributed by atoms with Crippen LogP contribution in [-0.4, -0.2) is 83.0 Å². The van der Waals surface area contributed by atoms with E-state index in [0.717, 1.165) is 18.4 Å². The Morgan fingerprint density at radius 2 is 1.83 bits per heavy atom. The normalized spacial score (nSPS) is 17.8. The minimum absolute atomic E-state index is 0.123. The molecule has 200 valence electrons. The molecule has 1 aliphatic rings. The summed E-state index contributed by atoms with van der Waals surface area (Å²) in [6, 6.07) is 5.56. The van der Waals surface area contributed by atoms with Crippen LogP contribution in [0.3, 0.4) is 0 Å². The lowest BCUT2D eigenvalue weighted by atomic mass is 10.0. The highest BCUT2D eigenvalue weighted by molar-refractivity contribution is 7.98. The van der Waals surface area contributed by atoms with Crippen LogP contribution in [0.4, 0.5) is 0 Å². The maximum absolute atomic E-state index is 13.2. The molecule has 1 fully saturated rings. The van der Waals surface area contributed by atoms with E-state index in [1.54, 1.807) is 24.3 Å². The first-order valence-corrected chi connectivity index (χ1v) is 13.8. The number of benzene rings is 1. The molecular weight excluding hydrogens is 482 g/mol. The van der Waals surface area contributed by atoms with Crippen LogP contribution in [0, 0.1) is 0 Å². The summed E-state index contributed by atoms with van der Waals surface area (Å²) >= 11 is 1.52. The second kappa shape index (κ2) is 15.5. The van der Waals surface area contributed by atoms with Crippen LogP contribution in [0.5, 0.6) is 0 Å². The molecular formula is C25H39N5O5S. The van der Waals surface area contributed by atoms with Gasteiger partial charge < -0.3 is 32.1 Å². The van der Waals surface area contributed by atoms with Gasteiger partial charge in [-0.25, -0.2) is 4.79 Å². The van der Waals surface area contributed by atoms with Gasteiger partial charge in [0.1, 0.15) is 18.1 Å².